The van der Waals surface area contributed by atoms with Crippen LogP contribution in [0.4, 0.5) is 4.79 Å². The Bertz CT molecular complexity index is 809. The fourth-order valence-electron chi connectivity index (χ4n) is 4.33. The minimum atomic E-state index is -1.20. The van der Waals surface area contributed by atoms with Gasteiger partial charge in [-0.1, -0.05) is 23.8 Å². The van der Waals surface area contributed by atoms with Crippen LogP contribution in [-0.4, -0.2) is 44.7 Å². The average Bonchev–Trinajstić information content (AvgIpc) is 2.92. The molecule has 1 amide bonds. The van der Waals surface area contributed by atoms with Crippen molar-refractivity contribution in [3.05, 3.63) is 34.9 Å². The van der Waals surface area contributed by atoms with Gasteiger partial charge in [-0.15, -0.1) is 0 Å². The fraction of sp³-hybridized carbons (Fsp3) is 0.696. The summed E-state index contributed by atoms with van der Waals surface area (Å²) < 4.78 is 21.6. The summed E-state index contributed by atoms with van der Waals surface area (Å²) in [6, 6.07) is 6.64. The van der Waals surface area contributed by atoms with Crippen molar-refractivity contribution in [2.45, 2.75) is 84.1 Å². The smallest absolute Gasteiger partial charge is 0.410 e. The van der Waals surface area contributed by atoms with Gasteiger partial charge in [0.2, 0.25) is 0 Å². The lowest BCUT2D eigenvalue weighted by Gasteiger charge is -2.46. The molecule has 1 aromatic rings. The van der Waals surface area contributed by atoms with Gasteiger partial charge in [-0.25, -0.2) is 13.7 Å². The van der Waals surface area contributed by atoms with E-state index in [4.69, 9.17) is 4.74 Å². The van der Waals surface area contributed by atoms with Crippen molar-refractivity contribution in [1.82, 2.24) is 9.62 Å². The first kappa shape index (κ1) is 22.3. The maximum atomic E-state index is 13.0. The van der Waals surface area contributed by atoms with Crippen molar-refractivity contribution in [1.29, 1.82) is 0 Å². The standard InChI is InChI=1S/C23H36N2O3S/c1-16-8-9-17-13-23(14-18(17)12-16)10-11-25(20(26)28-21(2,3)4)15-19(23)24-29(27)22(5,6)7/h8-9,12,19,24H,10-11,13-15H2,1-7H3/t19?,23?,29-/m0/s1. The predicted octanol–water partition coefficient (Wildman–Crippen LogP) is 4.14. The van der Waals surface area contributed by atoms with E-state index in [1.165, 1.54) is 16.7 Å². The van der Waals surface area contributed by atoms with Crippen LogP contribution in [0.25, 0.3) is 0 Å². The number of ether oxygens (including phenoxy) is 1. The monoisotopic (exact) mass is 420 g/mol. The van der Waals surface area contributed by atoms with Crippen LogP contribution in [0.15, 0.2) is 18.2 Å². The van der Waals surface area contributed by atoms with Crippen LogP contribution in [0.5, 0.6) is 0 Å². The topological polar surface area (TPSA) is 58.6 Å². The number of nitrogens with zero attached hydrogens (tertiary/aromatic N) is 1. The number of hydrogen-bond donors (Lipinski definition) is 1. The molecule has 162 valence electrons. The summed E-state index contributed by atoms with van der Waals surface area (Å²) in [7, 11) is -1.20. The van der Waals surface area contributed by atoms with Crippen molar-refractivity contribution in [2.75, 3.05) is 13.1 Å². The molecular weight excluding hydrogens is 384 g/mol. The molecule has 1 spiro atoms. The van der Waals surface area contributed by atoms with Crippen LogP contribution in [0, 0.1) is 12.3 Å². The summed E-state index contributed by atoms with van der Waals surface area (Å²) in [6.45, 7) is 14.9. The van der Waals surface area contributed by atoms with Gasteiger partial charge < -0.3 is 9.64 Å². The number of carbonyl (C=O) groups excluding carboxylic acids is 1. The first-order valence-electron chi connectivity index (χ1n) is 10.5. The van der Waals surface area contributed by atoms with Crippen LogP contribution in [0.3, 0.4) is 0 Å². The summed E-state index contributed by atoms with van der Waals surface area (Å²) in [4.78, 5) is 14.5. The van der Waals surface area contributed by atoms with Crippen molar-refractivity contribution >= 4 is 17.1 Å². The summed E-state index contributed by atoms with van der Waals surface area (Å²) in [6.07, 6.45) is 2.51. The Morgan fingerprint density at radius 3 is 2.45 bits per heavy atom. The molecule has 1 aliphatic heterocycles. The van der Waals surface area contributed by atoms with Gasteiger partial charge in [-0.3, -0.25) is 0 Å². The van der Waals surface area contributed by atoms with E-state index in [2.05, 4.69) is 29.8 Å². The summed E-state index contributed by atoms with van der Waals surface area (Å²) in [5.74, 6) is 0. The molecule has 0 bridgehead atoms. The van der Waals surface area contributed by atoms with Gasteiger partial charge in [-0.2, -0.15) is 0 Å². The van der Waals surface area contributed by atoms with Crippen LogP contribution in [-0.2, 0) is 28.6 Å². The van der Waals surface area contributed by atoms with Gasteiger partial charge in [0.1, 0.15) is 5.60 Å². The van der Waals surface area contributed by atoms with E-state index < -0.39 is 16.6 Å². The number of nitrogens with one attached hydrogen (secondary N) is 1. The van der Waals surface area contributed by atoms with Crippen molar-refractivity contribution in [2.24, 2.45) is 5.41 Å². The number of fused-ring (bicyclic) bond motifs is 1. The normalized spacial score (nSPS) is 25.8. The molecule has 2 unspecified atom stereocenters. The molecule has 1 heterocycles. The molecule has 5 nitrogen and oxygen atoms in total. The third-order valence-electron chi connectivity index (χ3n) is 5.93. The third-order valence-corrected chi connectivity index (χ3v) is 7.54. The highest BCUT2D eigenvalue weighted by Crippen LogP contribution is 2.45. The van der Waals surface area contributed by atoms with E-state index >= 15 is 0 Å². The summed E-state index contributed by atoms with van der Waals surface area (Å²) >= 11 is 0. The van der Waals surface area contributed by atoms with Crippen LogP contribution in [0.2, 0.25) is 0 Å². The Labute approximate surface area is 178 Å². The Kier molecular flexibility index (Phi) is 5.91. The van der Waals surface area contributed by atoms with E-state index in [1.807, 2.05) is 41.5 Å². The fourth-order valence-corrected chi connectivity index (χ4v) is 5.27. The third kappa shape index (κ3) is 5.02. The van der Waals surface area contributed by atoms with Crippen molar-refractivity contribution in [3.63, 3.8) is 0 Å². The number of likely N-dealkylation sites (tertiary alicyclic amines) is 1. The second kappa shape index (κ2) is 7.69. The van der Waals surface area contributed by atoms with E-state index in [1.54, 1.807) is 4.90 Å². The molecule has 0 radical (unpaired) electrons. The number of rotatable bonds is 2. The van der Waals surface area contributed by atoms with E-state index in [-0.39, 0.29) is 22.3 Å². The highest BCUT2D eigenvalue weighted by molar-refractivity contribution is 7.84. The molecule has 29 heavy (non-hydrogen) atoms. The van der Waals surface area contributed by atoms with Gasteiger partial charge in [0.25, 0.3) is 0 Å². The van der Waals surface area contributed by atoms with E-state index in [0.717, 1.165) is 19.3 Å². The van der Waals surface area contributed by atoms with E-state index in [0.29, 0.717) is 13.1 Å². The lowest BCUT2D eigenvalue weighted by molar-refractivity contribution is 0.00440. The highest BCUT2D eigenvalue weighted by atomic mass is 32.2. The maximum absolute atomic E-state index is 13.0. The van der Waals surface area contributed by atoms with Crippen LogP contribution in [0.1, 0.15) is 64.7 Å². The Balaban J connectivity index is 1.85. The largest absolute Gasteiger partial charge is 0.444 e. The number of benzene rings is 1. The summed E-state index contributed by atoms with van der Waals surface area (Å²) in [5, 5.41) is 0. The van der Waals surface area contributed by atoms with Crippen LogP contribution >= 0.6 is 0 Å². The van der Waals surface area contributed by atoms with Gasteiger partial charge in [0, 0.05) is 19.1 Å². The number of amides is 1. The minimum absolute atomic E-state index is 0.0183. The molecule has 3 rings (SSSR count). The maximum Gasteiger partial charge on any atom is 0.410 e. The molecule has 2 aliphatic rings. The van der Waals surface area contributed by atoms with Gasteiger partial charge >= 0.3 is 6.09 Å². The lowest BCUT2D eigenvalue weighted by atomic mass is 9.72. The molecule has 0 aromatic heterocycles. The molecule has 1 N–H and O–H groups in total. The highest BCUT2D eigenvalue weighted by Gasteiger charge is 2.49. The van der Waals surface area contributed by atoms with Gasteiger partial charge in [0.05, 0.1) is 15.7 Å². The lowest BCUT2D eigenvalue weighted by Crippen LogP contribution is -2.60. The first-order valence-corrected chi connectivity index (χ1v) is 11.7. The molecule has 1 saturated heterocycles. The zero-order valence-electron chi connectivity index (χ0n) is 18.9. The molecule has 3 atom stereocenters. The van der Waals surface area contributed by atoms with Crippen LogP contribution < -0.4 is 4.72 Å². The van der Waals surface area contributed by atoms with E-state index in [9.17, 15) is 9.00 Å². The molecule has 1 aromatic carbocycles. The second-order valence-electron chi connectivity index (χ2n) is 10.7. The zero-order valence-corrected chi connectivity index (χ0v) is 19.7. The number of piperidine rings is 1. The van der Waals surface area contributed by atoms with Gasteiger partial charge in [-0.05, 0) is 84.3 Å². The Morgan fingerprint density at radius 1 is 1.17 bits per heavy atom. The minimum Gasteiger partial charge on any atom is -0.444 e. The second-order valence-corrected chi connectivity index (χ2v) is 12.7. The molecule has 1 fully saturated rings. The Morgan fingerprint density at radius 2 is 1.83 bits per heavy atom. The zero-order chi connectivity index (χ0) is 21.6. The molecule has 6 heteroatoms. The number of hydrogen-bond acceptors (Lipinski definition) is 3. The number of carbonyl (C=O) groups is 1. The first-order chi connectivity index (χ1) is 13.3. The molecule has 0 saturated carbocycles. The molecule has 1 aliphatic carbocycles. The average molecular weight is 421 g/mol. The SMILES string of the molecule is Cc1ccc2c(c1)CC1(CCN(C(=O)OC(C)(C)C)CC1N[S@@](=O)C(C)(C)C)C2. The molecular formula is C23H36N2O3S. The summed E-state index contributed by atoms with van der Waals surface area (Å²) in [5.41, 5.74) is 3.51. The van der Waals surface area contributed by atoms with Crippen molar-refractivity contribution < 1.29 is 13.7 Å². The van der Waals surface area contributed by atoms with Crippen molar-refractivity contribution in [3.8, 4) is 0 Å². The number of aryl methyl sites for hydroxylation is 1. The van der Waals surface area contributed by atoms with Gasteiger partial charge in [0.15, 0.2) is 0 Å². The predicted molar refractivity (Wildman–Crippen MR) is 118 cm³/mol. The Hall–Kier alpha value is -1.40. The quantitative estimate of drug-likeness (QED) is 0.782.